The number of amides is 1. The quantitative estimate of drug-likeness (QED) is 0.634. The van der Waals surface area contributed by atoms with Crippen molar-refractivity contribution in [3.05, 3.63) is 0 Å². The Morgan fingerprint density at radius 3 is 2.22 bits per heavy atom. The standard InChI is InChI=1S/C14H28N2OS/c1-5-7-9-11(8-6-2)16-14(17)12(10(3)4)13(15)18/h10-12H,5-9H2,1-4H3,(H2,15,18)(H,16,17). The van der Waals surface area contributed by atoms with Crippen molar-refractivity contribution in [2.24, 2.45) is 17.6 Å². The number of nitrogens with one attached hydrogen (secondary N) is 1. The van der Waals surface area contributed by atoms with Gasteiger partial charge in [-0.25, -0.2) is 0 Å². The SMILES string of the molecule is CCCCC(CCC)NC(=O)C(C(N)=S)C(C)C. The molecule has 2 atom stereocenters. The van der Waals surface area contributed by atoms with Crippen LogP contribution in [0.1, 0.15) is 59.8 Å². The van der Waals surface area contributed by atoms with Crippen LogP contribution in [0, 0.1) is 11.8 Å². The highest BCUT2D eigenvalue weighted by molar-refractivity contribution is 7.80. The van der Waals surface area contributed by atoms with E-state index in [0.29, 0.717) is 4.99 Å². The molecule has 0 spiro atoms. The fraction of sp³-hybridized carbons (Fsp3) is 0.857. The van der Waals surface area contributed by atoms with Crippen molar-refractivity contribution in [1.82, 2.24) is 5.32 Å². The zero-order valence-electron chi connectivity index (χ0n) is 12.2. The summed E-state index contributed by atoms with van der Waals surface area (Å²) < 4.78 is 0. The van der Waals surface area contributed by atoms with E-state index in [9.17, 15) is 4.79 Å². The Morgan fingerprint density at radius 2 is 1.83 bits per heavy atom. The summed E-state index contributed by atoms with van der Waals surface area (Å²) in [6, 6.07) is 0.262. The molecule has 4 heteroatoms. The van der Waals surface area contributed by atoms with Crippen LogP contribution in [0.3, 0.4) is 0 Å². The molecular formula is C14H28N2OS. The molecule has 0 aromatic rings. The Kier molecular flexibility index (Phi) is 8.98. The first-order valence-corrected chi connectivity index (χ1v) is 7.44. The maximum Gasteiger partial charge on any atom is 0.230 e. The van der Waals surface area contributed by atoms with Crippen molar-refractivity contribution in [3.8, 4) is 0 Å². The van der Waals surface area contributed by atoms with Gasteiger partial charge in [0.1, 0.15) is 0 Å². The third kappa shape index (κ3) is 6.34. The second-order valence-electron chi connectivity index (χ2n) is 5.26. The monoisotopic (exact) mass is 272 g/mol. The van der Waals surface area contributed by atoms with Gasteiger partial charge >= 0.3 is 0 Å². The van der Waals surface area contributed by atoms with Crippen LogP contribution in [0.5, 0.6) is 0 Å². The van der Waals surface area contributed by atoms with Crippen molar-refractivity contribution >= 4 is 23.1 Å². The van der Waals surface area contributed by atoms with Gasteiger partial charge in [0.25, 0.3) is 0 Å². The van der Waals surface area contributed by atoms with Gasteiger partial charge in [-0.2, -0.15) is 0 Å². The van der Waals surface area contributed by atoms with Gasteiger partial charge < -0.3 is 11.1 Å². The summed E-state index contributed by atoms with van der Waals surface area (Å²) in [5, 5.41) is 3.11. The van der Waals surface area contributed by atoms with E-state index in [4.69, 9.17) is 18.0 Å². The lowest BCUT2D eigenvalue weighted by Crippen LogP contribution is -2.45. The van der Waals surface area contributed by atoms with Gasteiger partial charge in [0.2, 0.25) is 5.91 Å². The molecule has 0 fully saturated rings. The molecule has 106 valence electrons. The number of unbranched alkanes of at least 4 members (excludes halogenated alkanes) is 1. The Labute approximate surface area is 117 Å². The van der Waals surface area contributed by atoms with E-state index >= 15 is 0 Å². The molecule has 0 saturated carbocycles. The Hall–Kier alpha value is -0.640. The van der Waals surface area contributed by atoms with Crippen LogP contribution in [0.4, 0.5) is 0 Å². The summed E-state index contributed by atoms with van der Waals surface area (Å²) in [5.74, 6) is -0.205. The van der Waals surface area contributed by atoms with Crippen molar-refractivity contribution in [2.45, 2.75) is 65.8 Å². The molecule has 0 radical (unpaired) electrons. The van der Waals surface area contributed by atoms with E-state index in [1.807, 2.05) is 13.8 Å². The van der Waals surface area contributed by atoms with Crippen LogP contribution in [-0.2, 0) is 4.79 Å². The number of thiocarbonyl (C=S) groups is 1. The molecule has 0 aromatic carbocycles. The Balaban J connectivity index is 4.49. The molecule has 0 saturated heterocycles. The fourth-order valence-electron chi connectivity index (χ4n) is 2.14. The lowest BCUT2D eigenvalue weighted by atomic mass is 9.94. The van der Waals surface area contributed by atoms with Crippen LogP contribution >= 0.6 is 12.2 Å². The second kappa shape index (κ2) is 9.31. The molecule has 0 rings (SSSR count). The molecule has 0 aliphatic heterocycles. The summed E-state index contributed by atoms with van der Waals surface area (Å²) >= 11 is 4.99. The van der Waals surface area contributed by atoms with Gasteiger partial charge in [-0.15, -0.1) is 0 Å². The predicted molar refractivity (Wildman–Crippen MR) is 81.5 cm³/mol. The maximum absolute atomic E-state index is 12.2. The summed E-state index contributed by atoms with van der Waals surface area (Å²) in [7, 11) is 0. The average Bonchev–Trinajstić information content (AvgIpc) is 2.24. The van der Waals surface area contributed by atoms with Crippen LogP contribution in [0.15, 0.2) is 0 Å². The lowest BCUT2D eigenvalue weighted by Gasteiger charge is -2.24. The van der Waals surface area contributed by atoms with E-state index in [2.05, 4.69) is 19.2 Å². The molecule has 2 unspecified atom stereocenters. The second-order valence-corrected chi connectivity index (χ2v) is 5.73. The predicted octanol–water partition coefficient (Wildman–Crippen LogP) is 3.02. The minimum atomic E-state index is -0.346. The summed E-state index contributed by atoms with van der Waals surface area (Å²) in [5.41, 5.74) is 5.66. The summed E-state index contributed by atoms with van der Waals surface area (Å²) in [4.78, 5) is 12.5. The molecule has 0 aliphatic rings. The fourth-order valence-corrected chi connectivity index (χ4v) is 2.52. The molecule has 0 heterocycles. The van der Waals surface area contributed by atoms with Gasteiger partial charge in [-0.05, 0) is 18.8 Å². The number of hydrogen-bond acceptors (Lipinski definition) is 2. The first kappa shape index (κ1) is 17.4. The van der Waals surface area contributed by atoms with Gasteiger partial charge in [0.05, 0.1) is 10.9 Å². The molecule has 0 bridgehead atoms. The van der Waals surface area contributed by atoms with Crippen LogP contribution in [0.25, 0.3) is 0 Å². The van der Waals surface area contributed by atoms with Crippen LogP contribution in [-0.4, -0.2) is 16.9 Å². The zero-order valence-corrected chi connectivity index (χ0v) is 13.0. The maximum atomic E-state index is 12.2. The lowest BCUT2D eigenvalue weighted by molar-refractivity contribution is -0.124. The highest BCUT2D eigenvalue weighted by atomic mass is 32.1. The van der Waals surface area contributed by atoms with E-state index in [1.54, 1.807) is 0 Å². The van der Waals surface area contributed by atoms with E-state index < -0.39 is 0 Å². The van der Waals surface area contributed by atoms with Crippen molar-refractivity contribution in [3.63, 3.8) is 0 Å². The normalized spacial score (nSPS) is 14.3. The largest absolute Gasteiger partial charge is 0.393 e. The molecule has 0 aromatic heterocycles. The molecule has 3 N–H and O–H groups in total. The van der Waals surface area contributed by atoms with Crippen molar-refractivity contribution in [1.29, 1.82) is 0 Å². The minimum absolute atomic E-state index is 0.00736. The van der Waals surface area contributed by atoms with E-state index in [-0.39, 0.29) is 23.8 Å². The average molecular weight is 272 g/mol. The highest BCUT2D eigenvalue weighted by Gasteiger charge is 2.26. The van der Waals surface area contributed by atoms with E-state index in [0.717, 1.165) is 32.1 Å². The topological polar surface area (TPSA) is 55.1 Å². The van der Waals surface area contributed by atoms with Gasteiger partial charge in [0.15, 0.2) is 0 Å². The molecule has 3 nitrogen and oxygen atoms in total. The molecule has 1 amide bonds. The van der Waals surface area contributed by atoms with Gasteiger partial charge in [0, 0.05) is 6.04 Å². The number of rotatable bonds is 9. The van der Waals surface area contributed by atoms with Crippen molar-refractivity contribution in [2.75, 3.05) is 0 Å². The number of hydrogen-bond donors (Lipinski definition) is 2. The number of nitrogens with two attached hydrogens (primary N) is 1. The van der Waals surface area contributed by atoms with E-state index in [1.165, 1.54) is 0 Å². The first-order chi connectivity index (χ1) is 8.43. The Morgan fingerprint density at radius 1 is 1.22 bits per heavy atom. The number of carbonyl (C=O) groups excluding carboxylic acids is 1. The van der Waals surface area contributed by atoms with Crippen LogP contribution in [0.2, 0.25) is 0 Å². The van der Waals surface area contributed by atoms with Gasteiger partial charge in [-0.3, -0.25) is 4.79 Å². The molecule has 0 aliphatic carbocycles. The summed E-state index contributed by atoms with van der Waals surface area (Å²) in [6.07, 6.45) is 5.43. The minimum Gasteiger partial charge on any atom is -0.393 e. The first-order valence-electron chi connectivity index (χ1n) is 7.03. The smallest absolute Gasteiger partial charge is 0.230 e. The third-order valence-electron chi connectivity index (χ3n) is 3.15. The highest BCUT2D eigenvalue weighted by Crippen LogP contribution is 2.14. The molecule has 18 heavy (non-hydrogen) atoms. The number of carbonyl (C=O) groups is 1. The zero-order chi connectivity index (χ0) is 14.1. The van der Waals surface area contributed by atoms with Crippen LogP contribution < -0.4 is 11.1 Å². The molecular weight excluding hydrogens is 244 g/mol. The Bertz CT molecular complexity index is 267. The van der Waals surface area contributed by atoms with Gasteiger partial charge in [-0.1, -0.05) is 59.2 Å². The summed E-state index contributed by atoms with van der Waals surface area (Å²) in [6.45, 7) is 8.25. The van der Waals surface area contributed by atoms with Crippen molar-refractivity contribution < 1.29 is 4.79 Å². The third-order valence-corrected chi connectivity index (χ3v) is 3.40.